The molecular weight excluding hydrogens is 280 g/mol. The Hall–Kier alpha value is -1.15. The maximum absolute atomic E-state index is 12.7. The first kappa shape index (κ1) is 15.2. The molecule has 0 spiro atoms. The van der Waals surface area contributed by atoms with E-state index in [1.807, 2.05) is 0 Å². The molecule has 7 heteroatoms. The molecule has 2 atom stereocenters. The number of aliphatic hydroxyl groups excluding tert-OH is 1. The summed E-state index contributed by atoms with van der Waals surface area (Å²) in [4.78, 5) is 0.211. The van der Waals surface area contributed by atoms with Crippen molar-refractivity contribution in [3.8, 4) is 0 Å². The van der Waals surface area contributed by atoms with E-state index in [4.69, 9.17) is 10.5 Å². The molecule has 2 rings (SSSR count). The average Bonchev–Trinajstić information content (AvgIpc) is 2.40. The fraction of sp³-hybridized carbons (Fsp3) is 0.538. The van der Waals surface area contributed by atoms with Gasteiger partial charge in [-0.2, -0.15) is 4.31 Å². The van der Waals surface area contributed by atoms with Gasteiger partial charge in [0.15, 0.2) is 0 Å². The fourth-order valence-electron chi connectivity index (χ4n) is 2.33. The maximum Gasteiger partial charge on any atom is 0.243 e. The highest BCUT2D eigenvalue weighted by Gasteiger charge is 2.34. The maximum atomic E-state index is 12.7. The lowest BCUT2D eigenvalue weighted by atomic mass is 10.2. The molecule has 1 fully saturated rings. The molecule has 0 radical (unpaired) electrons. The van der Waals surface area contributed by atoms with E-state index < -0.39 is 16.1 Å². The molecule has 1 aromatic rings. The van der Waals surface area contributed by atoms with Crippen LogP contribution in [0.2, 0.25) is 0 Å². The Kier molecular flexibility index (Phi) is 4.33. The van der Waals surface area contributed by atoms with Crippen LogP contribution in [0.5, 0.6) is 0 Å². The average molecular weight is 300 g/mol. The lowest BCUT2D eigenvalue weighted by molar-refractivity contribution is -0.0750. The van der Waals surface area contributed by atoms with E-state index >= 15 is 0 Å². The zero-order chi connectivity index (χ0) is 14.9. The Balaban J connectivity index is 2.36. The third-order valence-corrected chi connectivity index (χ3v) is 5.30. The lowest BCUT2D eigenvalue weighted by Gasteiger charge is -2.35. The molecule has 1 aliphatic heterocycles. The summed E-state index contributed by atoms with van der Waals surface area (Å²) in [6, 6.07) is 4.83. The number of aliphatic hydroxyl groups is 1. The molecule has 1 heterocycles. The molecular formula is C13H20N2O4S. The van der Waals surface area contributed by atoms with Crippen LogP contribution in [0.3, 0.4) is 0 Å². The molecule has 0 aliphatic carbocycles. The van der Waals surface area contributed by atoms with Crippen LogP contribution < -0.4 is 5.73 Å². The zero-order valence-electron chi connectivity index (χ0n) is 11.6. The van der Waals surface area contributed by atoms with Gasteiger partial charge in [-0.15, -0.1) is 0 Å². The van der Waals surface area contributed by atoms with Crippen LogP contribution >= 0.6 is 0 Å². The minimum atomic E-state index is -3.63. The first-order valence-corrected chi connectivity index (χ1v) is 7.91. The Bertz CT molecular complexity index is 588. The summed E-state index contributed by atoms with van der Waals surface area (Å²) < 4.78 is 32.2. The Morgan fingerprint density at radius 2 is 2.15 bits per heavy atom. The Labute approximate surface area is 119 Å². The van der Waals surface area contributed by atoms with Crippen LogP contribution in [0.1, 0.15) is 12.5 Å². The number of nitrogen functional groups attached to an aromatic ring is 1. The van der Waals surface area contributed by atoms with Gasteiger partial charge in [0, 0.05) is 18.8 Å². The second-order valence-corrected chi connectivity index (χ2v) is 7.00. The van der Waals surface area contributed by atoms with E-state index in [0.717, 1.165) is 0 Å². The molecule has 0 bridgehead atoms. The zero-order valence-corrected chi connectivity index (χ0v) is 12.4. The van der Waals surface area contributed by atoms with Crippen LogP contribution in [-0.2, 0) is 14.8 Å². The second-order valence-electron chi connectivity index (χ2n) is 5.10. The number of anilines is 1. The van der Waals surface area contributed by atoms with Gasteiger partial charge in [-0.1, -0.05) is 6.07 Å². The van der Waals surface area contributed by atoms with E-state index in [-0.39, 0.29) is 30.7 Å². The first-order chi connectivity index (χ1) is 9.34. The smallest absolute Gasteiger partial charge is 0.243 e. The molecule has 6 nitrogen and oxygen atoms in total. The number of nitrogens with zero attached hydrogens (tertiary/aromatic N) is 1. The van der Waals surface area contributed by atoms with E-state index in [1.54, 1.807) is 26.0 Å². The molecule has 0 saturated carbocycles. The number of hydrogen-bond acceptors (Lipinski definition) is 5. The fourth-order valence-corrected chi connectivity index (χ4v) is 4.14. The quantitative estimate of drug-likeness (QED) is 0.786. The highest BCUT2D eigenvalue weighted by molar-refractivity contribution is 7.89. The molecule has 112 valence electrons. The molecule has 0 amide bonds. The highest BCUT2D eigenvalue weighted by Crippen LogP contribution is 2.25. The van der Waals surface area contributed by atoms with Crippen LogP contribution in [0.4, 0.5) is 5.69 Å². The standard InChI is InChI=1S/C13H20N2O4S/c1-9-3-4-11(14)5-13(9)20(17,18)15-6-10(2)19-12(7-15)8-16/h3-5,10,12,16H,6-8,14H2,1-2H3. The minimum Gasteiger partial charge on any atom is -0.399 e. The van der Waals surface area contributed by atoms with Crippen molar-refractivity contribution in [3.63, 3.8) is 0 Å². The highest BCUT2D eigenvalue weighted by atomic mass is 32.2. The first-order valence-electron chi connectivity index (χ1n) is 6.47. The van der Waals surface area contributed by atoms with Gasteiger partial charge in [-0.05, 0) is 31.5 Å². The number of rotatable bonds is 3. The SMILES string of the molecule is Cc1ccc(N)cc1S(=O)(=O)N1CC(C)OC(CO)C1. The summed E-state index contributed by atoms with van der Waals surface area (Å²) in [6.07, 6.45) is -0.744. The molecule has 3 N–H and O–H groups in total. The van der Waals surface area contributed by atoms with Crippen LogP contribution in [-0.4, -0.2) is 49.7 Å². The summed E-state index contributed by atoms with van der Waals surface area (Å²) in [6.45, 7) is 3.74. The number of sulfonamides is 1. The Morgan fingerprint density at radius 1 is 1.45 bits per heavy atom. The van der Waals surface area contributed by atoms with Crippen LogP contribution in [0.25, 0.3) is 0 Å². The largest absolute Gasteiger partial charge is 0.399 e. The summed E-state index contributed by atoms with van der Waals surface area (Å²) in [5.41, 5.74) is 6.75. The van der Waals surface area contributed by atoms with E-state index in [1.165, 1.54) is 10.4 Å². The number of nitrogens with two attached hydrogens (primary N) is 1. The summed E-state index contributed by atoms with van der Waals surface area (Å²) in [5, 5.41) is 9.20. The predicted molar refractivity (Wildman–Crippen MR) is 75.8 cm³/mol. The molecule has 1 aromatic carbocycles. The van der Waals surface area contributed by atoms with Crippen molar-refractivity contribution in [1.29, 1.82) is 0 Å². The third-order valence-electron chi connectivity index (χ3n) is 3.33. The van der Waals surface area contributed by atoms with E-state index in [9.17, 15) is 13.5 Å². The number of ether oxygens (including phenoxy) is 1. The van der Waals surface area contributed by atoms with Gasteiger partial charge < -0.3 is 15.6 Å². The van der Waals surface area contributed by atoms with Crippen molar-refractivity contribution in [2.45, 2.75) is 31.0 Å². The lowest BCUT2D eigenvalue weighted by Crippen LogP contribution is -2.50. The van der Waals surface area contributed by atoms with E-state index in [2.05, 4.69) is 0 Å². The van der Waals surface area contributed by atoms with Gasteiger partial charge >= 0.3 is 0 Å². The second kappa shape index (κ2) is 5.69. The van der Waals surface area contributed by atoms with Crippen molar-refractivity contribution in [2.24, 2.45) is 0 Å². The topological polar surface area (TPSA) is 92.9 Å². The normalized spacial score (nSPS) is 24.8. The van der Waals surface area contributed by atoms with Crippen molar-refractivity contribution in [1.82, 2.24) is 4.31 Å². The van der Waals surface area contributed by atoms with Gasteiger partial charge in [0.25, 0.3) is 0 Å². The molecule has 1 saturated heterocycles. The number of morpholine rings is 1. The number of benzene rings is 1. The van der Waals surface area contributed by atoms with Gasteiger partial charge in [-0.25, -0.2) is 8.42 Å². The molecule has 0 aromatic heterocycles. The summed E-state index contributed by atoms with van der Waals surface area (Å²) in [5.74, 6) is 0. The van der Waals surface area contributed by atoms with Gasteiger partial charge in [0.1, 0.15) is 0 Å². The number of aryl methyl sites for hydroxylation is 1. The minimum absolute atomic E-state index is 0.150. The van der Waals surface area contributed by atoms with Crippen molar-refractivity contribution >= 4 is 15.7 Å². The summed E-state index contributed by atoms with van der Waals surface area (Å²) >= 11 is 0. The van der Waals surface area contributed by atoms with Crippen LogP contribution in [0.15, 0.2) is 23.1 Å². The predicted octanol–water partition coefficient (Wildman–Crippen LogP) is 0.348. The van der Waals surface area contributed by atoms with Gasteiger partial charge in [0.2, 0.25) is 10.0 Å². The van der Waals surface area contributed by atoms with Crippen molar-refractivity contribution < 1.29 is 18.3 Å². The van der Waals surface area contributed by atoms with E-state index in [0.29, 0.717) is 11.3 Å². The monoisotopic (exact) mass is 300 g/mol. The van der Waals surface area contributed by atoms with Crippen molar-refractivity contribution in [3.05, 3.63) is 23.8 Å². The Morgan fingerprint density at radius 3 is 2.80 bits per heavy atom. The number of hydrogen-bond donors (Lipinski definition) is 2. The summed E-state index contributed by atoms with van der Waals surface area (Å²) in [7, 11) is -3.63. The van der Waals surface area contributed by atoms with Gasteiger partial charge in [0.05, 0.1) is 23.7 Å². The third kappa shape index (κ3) is 2.95. The van der Waals surface area contributed by atoms with Gasteiger partial charge in [-0.3, -0.25) is 0 Å². The molecule has 1 aliphatic rings. The van der Waals surface area contributed by atoms with Crippen LogP contribution in [0, 0.1) is 6.92 Å². The molecule has 20 heavy (non-hydrogen) atoms. The van der Waals surface area contributed by atoms with Crippen molar-refractivity contribution in [2.75, 3.05) is 25.4 Å². The molecule has 2 unspecified atom stereocenters.